The van der Waals surface area contributed by atoms with Gasteiger partial charge in [0, 0.05) is 24.2 Å². The van der Waals surface area contributed by atoms with Gasteiger partial charge in [0.15, 0.2) is 5.82 Å². The smallest absolute Gasteiger partial charge is 0.162 e. The predicted octanol–water partition coefficient (Wildman–Crippen LogP) is 3.58. The summed E-state index contributed by atoms with van der Waals surface area (Å²) in [6.07, 6.45) is 1.69. The van der Waals surface area contributed by atoms with Gasteiger partial charge >= 0.3 is 0 Å². The molecule has 32 heavy (non-hydrogen) atoms. The van der Waals surface area contributed by atoms with E-state index in [1.54, 1.807) is 7.05 Å². The van der Waals surface area contributed by atoms with Crippen LogP contribution in [0, 0.1) is 19.8 Å². The first-order valence-electron chi connectivity index (χ1n) is 11.1. The molecule has 2 heterocycles. The van der Waals surface area contributed by atoms with E-state index in [1.807, 2.05) is 44.2 Å². The maximum atomic E-state index is 9.92. The van der Waals surface area contributed by atoms with Crippen LogP contribution in [-0.2, 0) is 0 Å². The summed E-state index contributed by atoms with van der Waals surface area (Å²) >= 11 is 0. The Morgan fingerprint density at radius 1 is 1.22 bits per heavy atom. The molecule has 8 nitrogen and oxygen atoms in total. The quantitative estimate of drug-likeness (QED) is 0.466. The van der Waals surface area contributed by atoms with Gasteiger partial charge in [-0.15, -0.1) is 0 Å². The fourth-order valence-electron chi connectivity index (χ4n) is 4.07. The topological polar surface area (TPSA) is 105 Å². The van der Waals surface area contributed by atoms with Crippen LogP contribution in [0.4, 0.5) is 5.82 Å². The van der Waals surface area contributed by atoms with Crippen molar-refractivity contribution < 1.29 is 14.4 Å². The first kappa shape index (κ1) is 22.2. The highest BCUT2D eigenvalue weighted by atomic mass is 16.5. The molecule has 0 bridgehead atoms. The summed E-state index contributed by atoms with van der Waals surface area (Å²) in [6.45, 7) is 6.74. The molecule has 3 aromatic rings. The molecular weight excluding hydrogens is 406 g/mol. The number of likely N-dealkylation sites (N-methyl/N-ethyl adjacent to an activating group) is 1. The number of aromatic nitrogens is 3. The zero-order valence-electron chi connectivity index (χ0n) is 19.1. The Labute approximate surface area is 188 Å². The maximum Gasteiger partial charge on any atom is 0.162 e. The summed E-state index contributed by atoms with van der Waals surface area (Å²) in [7, 11) is 1.79. The van der Waals surface area contributed by atoms with Gasteiger partial charge in [0.05, 0.1) is 17.0 Å². The second-order valence-corrected chi connectivity index (χ2v) is 8.63. The highest BCUT2D eigenvalue weighted by molar-refractivity contribution is 5.70. The zero-order chi connectivity index (χ0) is 22.7. The fourth-order valence-corrected chi connectivity index (χ4v) is 4.07. The lowest BCUT2D eigenvalue weighted by Crippen LogP contribution is -2.34. The molecule has 0 radical (unpaired) electrons. The molecule has 170 valence electrons. The number of nitrogens with zero attached hydrogens (tertiary/aromatic N) is 3. The molecule has 4 rings (SSSR count). The van der Waals surface area contributed by atoms with Crippen LogP contribution in [-0.4, -0.2) is 52.6 Å². The molecule has 1 aliphatic rings. The van der Waals surface area contributed by atoms with Gasteiger partial charge < -0.3 is 25.0 Å². The van der Waals surface area contributed by atoms with Crippen LogP contribution in [0.2, 0.25) is 0 Å². The van der Waals surface area contributed by atoms with E-state index < -0.39 is 6.10 Å². The SMILES string of the molecule is CNCC(O)COc1cccc(-c2nc(N[C@H]3C[C@@H](C)C3)cc(-c3c(C)noc3C)n2)c1. The van der Waals surface area contributed by atoms with Crippen molar-refractivity contribution in [1.29, 1.82) is 0 Å². The Kier molecular flexibility index (Phi) is 6.72. The van der Waals surface area contributed by atoms with Crippen LogP contribution in [0.25, 0.3) is 22.6 Å². The Bertz CT molecular complexity index is 1040. The minimum absolute atomic E-state index is 0.205. The molecule has 8 heteroatoms. The number of benzene rings is 1. The number of nitrogens with one attached hydrogen (secondary N) is 2. The van der Waals surface area contributed by atoms with Crippen molar-refractivity contribution >= 4 is 5.82 Å². The normalized spacial score (nSPS) is 18.8. The molecule has 3 N–H and O–H groups in total. The number of aryl methyl sites for hydroxylation is 2. The lowest BCUT2D eigenvalue weighted by atomic mass is 9.82. The summed E-state index contributed by atoms with van der Waals surface area (Å²) in [4.78, 5) is 9.63. The van der Waals surface area contributed by atoms with Crippen molar-refractivity contribution in [2.75, 3.05) is 25.5 Å². The van der Waals surface area contributed by atoms with Gasteiger partial charge in [0.2, 0.25) is 0 Å². The first-order valence-corrected chi connectivity index (χ1v) is 11.1. The molecule has 0 spiro atoms. The maximum absolute atomic E-state index is 9.92. The number of hydrogen-bond donors (Lipinski definition) is 3. The van der Waals surface area contributed by atoms with Crippen LogP contribution in [0.3, 0.4) is 0 Å². The first-order chi connectivity index (χ1) is 15.4. The lowest BCUT2D eigenvalue weighted by molar-refractivity contribution is 0.108. The Morgan fingerprint density at radius 3 is 2.72 bits per heavy atom. The Morgan fingerprint density at radius 2 is 2.03 bits per heavy atom. The standard InChI is InChI=1S/C24H31N5O3/c1-14-8-18(9-14)26-22-11-21(23-15(2)29-32-16(23)3)27-24(28-22)17-6-5-7-20(10-17)31-13-19(30)12-25-4/h5-7,10-11,14,18-19,25,30H,8-9,12-13H2,1-4H3,(H,26,27,28)/t14-,18+,19?. The summed E-state index contributed by atoms with van der Waals surface area (Å²) in [5.74, 6) is 3.51. The largest absolute Gasteiger partial charge is 0.491 e. The van der Waals surface area contributed by atoms with Gasteiger partial charge in [-0.2, -0.15) is 0 Å². The predicted molar refractivity (Wildman–Crippen MR) is 124 cm³/mol. The second-order valence-electron chi connectivity index (χ2n) is 8.63. The second kappa shape index (κ2) is 9.67. The van der Waals surface area contributed by atoms with E-state index >= 15 is 0 Å². The van der Waals surface area contributed by atoms with Crippen LogP contribution < -0.4 is 15.4 Å². The van der Waals surface area contributed by atoms with E-state index in [0.717, 1.165) is 52.9 Å². The zero-order valence-corrected chi connectivity index (χ0v) is 19.1. The average Bonchev–Trinajstić information content (AvgIpc) is 3.09. The molecule has 1 saturated carbocycles. The molecule has 0 aliphatic heterocycles. The number of anilines is 1. The summed E-state index contributed by atoms with van der Waals surface area (Å²) in [5, 5.41) is 20.5. The van der Waals surface area contributed by atoms with E-state index in [2.05, 4.69) is 22.7 Å². The monoisotopic (exact) mass is 437 g/mol. The summed E-state index contributed by atoms with van der Waals surface area (Å²) in [6, 6.07) is 10.0. The van der Waals surface area contributed by atoms with Crippen LogP contribution in [0.1, 0.15) is 31.2 Å². The summed E-state index contributed by atoms with van der Waals surface area (Å²) in [5.41, 5.74) is 3.30. The van der Waals surface area contributed by atoms with Crippen molar-refractivity contribution in [3.8, 4) is 28.4 Å². The van der Waals surface area contributed by atoms with Crippen molar-refractivity contribution in [2.45, 2.75) is 45.8 Å². The average molecular weight is 438 g/mol. The van der Waals surface area contributed by atoms with Crippen molar-refractivity contribution in [3.63, 3.8) is 0 Å². The third-order valence-corrected chi connectivity index (χ3v) is 5.72. The molecule has 1 fully saturated rings. The third-order valence-electron chi connectivity index (χ3n) is 5.72. The molecule has 1 unspecified atom stereocenters. The minimum Gasteiger partial charge on any atom is -0.491 e. The van der Waals surface area contributed by atoms with E-state index in [9.17, 15) is 5.11 Å². The molecule has 0 amide bonds. The lowest BCUT2D eigenvalue weighted by Gasteiger charge is -2.33. The van der Waals surface area contributed by atoms with E-state index in [-0.39, 0.29) is 6.61 Å². The van der Waals surface area contributed by atoms with E-state index in [0.29, 0.717) is 24.2 Å². The van der Waals surface area contributed by atoms with E-state index in [4.69, 9.17) is 19.2 Å². The molecule has 2 aromatic heterocycles. The third kappa shape index (κ3) is 5.08. The van der Waals surface area contributed by atoms with Gasteiger partial charge in [-0.25, -0.2) is 9.97 Å². The number of aliphatic hydroxyl groups excluding tert-OH is 1. The van der Waals surface area contributed by atoms with Gasteiger partial charge in [-0.3, -0.25) is 0 Å². The Hall–Kier alpha value is -2.97. The van der Waals surface area contributed by atoms with Crippen LogP contribution in [0.5, 0.6) is 5.75 Å². The number of aliphatic hydroxyl groups is 1. The van der Waals surface area contributed by atoms with Gasteiger partial charge in [0.25, 0.3) is 0 Å². The number of ether oxygens (including phenoxy) is 1. The van der Waals surface area contributed by atoms with Crippen LogP contribution >= 0.6 is 0 Å². The number of hydrogen-bond acceptors (Lipinski definition) is 8. The molecule has 1 aliphatic carbocycles. The Balaban J connectivity index is 1.65. The van der Waals surface area contributed by atoms with Gasteiger partial charge in [-0.1, -0.05) is 24.2 Å². The van der Waals surface area contributed by atoms with Crippen LogP contribution in [0.15, 0.2) is 34.9 Å². The minimum atomic E-state index is -0.580. The van der Waals surface area contributed by atoms with Gasteiger partial charge in [0.1, 0.15) is 30.0 Å². The molecule has 0 saturated heterocycles. The number of rotatable bonds is 9. The van der Waals surface area contributed by atoms with E-state index in [1.165, 1.54) is 0 Å². The summed E-state index contributed by atoms with van der Waals surface area (Å²) < 4.78 is 11.1. The van der Waals surface area contributed by atoms with Gasteiger partial charge in [-0.05, 0) is 51.8 Å². The van der Waals surface area contributed by atoms with Crippen molar-refractivity contribution in [2.24, 2.45) is 5.92 Å². The molecule has 1 aromatic carbocycles. The molecular formula is C24H31N5O3. The van der Waals surface area contributed by atoms with Crippen molar-refractivity contribution in [3.05, 3.63) is 41.8 Å². The van der Waals surface area contributed by atoms with Crippen molar-refractivity contribution in [1.82, 2.24) is 20.4 Å². The fraction of sp³-hybridized carbons (Fsp3) is 0.458. The highest BCUT2D eigenvalue weighted by Crippen LogP contribution is 2.33. The molecule has 1 atom stereocenters. The highest BCUT2D eigenvalue weighted by Gasteiger charge is 2.26.